The van der Waals surface area contributed by atoms with Crippen LogP contribution in [0, 0.1) is 0 Å². The second kappa shape index (κ2) is 3.89. The topological polar surface area (TPSA) is 63.2 Å². The van der Waals surface area contributed by atoms with Gasteiger partial charge in [0.2, 0.25) is 10.0 Å². The van der Waals surface area contributed by atoms with E-state index in [-0.39, 0.29) is 10.7 Å². The van der Waals surface area contributed by atoms with Crippen molar-refractivity contribution in [2.24, 2.45) is 0 Å². The smallest absolute Gasteiger partial charge is 0.240 e. The van der Waals surface area contributed by atoms with Crippen LogP contribution in [0.15, 0.2) is 29.2 Å². The maximum absolute atomic E-state index is 11.4. The predicted molar refractivity (Wildman–Crippen MR) is 52.7 cm³/mol. The van der Waals surface area contributed by atoms with Gasteiger partial charge in [0.05, 0.1) is 4.90 Å². The largest absolute Gasteiger partial charge is 0.295 e. The molecule has 0 bridgehead atoms. The SMILES string of the molecule is CNS(=O)(=O)c1cccc(C(C)=O)c1. The number of Topliss-reactive ketones (excluding diaryl/α,β-unsaturated/α-hetero) is 1. The van der Waals surface area contributed by atoms with E-state index < -0.39 is 10.0 Å². The van der Waals surface area contributed by atoms with Crippen LogP contribution in [0.5, 0.6) is 0 Å². The number of hydrogen-bond donors (Lipinski definition) is 1. The molecule has 0 amide bonds. The Morgan fingerprint density at radius 3 is 2.50 bits per heavy atom. The number of sulfonamides is 1. The first-order chi connectivity index (χ1) is 6.47. The summed E-state index contributed by atoms with van der Waals surface area (Å²) in [5, 5.41) is 0. The van der Waals surface area contributed by atoms with Crippen molar-refractivity contribution in [3.63, 3.8) is 0 Å². The van der Waals surface area contributed by atoms with E-state index in [0.717, 1.165) is 0 Å². The normalized spacial score (nSPS) is 11.3. The van der Waals surface area contributed by atoms with Gasteiger partial charge in [-0.25, -0.2) is 13.1 Å². The second-order valence-corrected chi connectivity index (χ2v) is 4.68. The molecule has 5 heteroatoms. The van der Waals surface area contributed by atoms with E-state index >= 15 is 0 Å². The number of ketones is 1. The third-order valence-corrected chi connectivity index (χ3v) is 3.23. The Kier molecular flexibility index (Phi) is 3.03. The molecule has 0 saturated heterocycles. The van der Waals surface area contributed by atoms with Gasteiger partial charge in [0.15, 0.2) is 5.78 Å². The molecule has 0 aromatic heterocycles. The molecule has 4 nitrogen and oxygen atoms in total. The van der Waals surface area contributed by atoms with Crippen molar-refractivity contribution in [3.8, 4) is 0 Å². The number of benzene rings is 1. The van der Waals surface area contributed by atoms with Crippen LogP contribution in [-0.2, 0) is 10.0 Å². The molecule has 0 fully saturated rings. The van der Waals surface area contributed by atoms with Gasteiger partial charge in [0, 0.05) is 5.56 Å². The van der Waals surface area contributed by atoms with Gasteiger partial charge in [0.1, 0.15) is 0 Å². The Hall–Kier alpha value is -1.20. The van der Waals surface area contributed by atoms with Crippen LogP contribution in [0.4, 0.5) is 0 Å². The Morgan fingerprint density at radius 2 is 2.00 bits per heavy atom. The third-order valence-electron chi connectivity index (χ3n) is 1.82. The van der Waals surface area contributed by atoms with Crippen molar-refractivity contribution in [1.29, 1.82) is 0 Å². The molecular weight excluding hydrogens is 202 g/mol. The summed E-state index contributed by atoms with van der Waals surface area (Å²) in [6.45, 7) is 1.39. The first-order valence-electron chi connectivity index (χ1n) is 4.02. The zero-order chi connectivity index (χ0) is 10.8. The lowest BCUT2D eigenvalue weighted by Gasteiger charge is -2.03. The Balaban J connectivity index is 3.26. The highest BCUT2D eigenvalue weighted by atomic mass is 32.2. The highest BCUT2D eigenvalue weighted by molar-refractivity contribution is 7.89. The van der Waals surface area contributed by atoms with E-state index in [1.165, 1.54) is 26.1 Å². The molecule has 0 aliphatic carbocycles. The molecule has 0 aliphatic rings. The van der Waals surface area contributed by atoms with E-state index in [1.807, 2.05) is 0 Å². The lowest BCUT2D eigenvalue weighted by atomic mass is 10.2. The second-order valence-electron chi connectivity index (χ2n) is 2.79. The first-order valence-corrected chi connectivity index (χ1v) is 5.50. The predicted octanol–water partition coefficient (Wildman–Crippen LogP) is 0.797. The van der Waals surface area contributed by atoms with Crippen molar-refractivity contribution in [1.82, 2.24) is 4.72 Å². The number of hydrogen-bond acceptors (Lipinski definition) is 3. The van der Waals surface area contributed by atoms with Gasteiger partial charge >= 0.3 is 0 Å². The molecule has 1 aromatic carbocycles. The summed E-state index contributed by atoms with van der Waals surface area (Å²) in [6.07, 6.45) is 0. The van der Waals surface area contributed by atoms with Crippen molar-refractivity contribution in [3.05, 3.63) is 29.8 Å². The van der Waals surface area contributed by atoms with Gasteiger partial charge in [0.25, 0.3) is 0 Å². The van der Waals surface area contributed by atoms with Crippen molar-refractivity contribution in [2.75, 3.05) is 7.05 Å². The van der Waals surface area contributed by atoms with Crippen LogP contribution in [0.2, 0.25) is 0 Å². The molecule has 0 aliphatic heterocycles. The van der Waals surface area contributed by atoms with Gasteiger partial charge in [-0.15, -0.1) is 0 Å². The Bertz CT molecular complexity index is 451. The molecular formula is C9H11NO3S. The summed E-state index contributed by atoms with van der Waals surface area (Å²) >= 11 is 0. The summed E-state index contributed by atoms with van der Waals surface area (Å²) in [5.74, 6) is -0.154. The molecule has 1 rings (SSSR count). The highest BCUT2D eigenvalue weighted by Gasteiger charge is 2.12. The molecule has 0 spiro atoms. The minimum Gasteiger partial charge on any atom is -0.295 e. The highest BCUT2D eigenvalue weighted by Crippen LogP contribution is 2.11. The van der Waals surface area contributed by atoms with E-state index in [1.54, 1.807) is 12.1 Å². The van der Waals surface area contributed by atoms with E-state index in [2.05, 4.69) is 4.72 Å². The monoisotopic (exact) mass is 213 g/mol. The van der Waals surface area contributed by atoms with Gasteiger partial charge in [-0.05, 0) is 26.1 Å². The van der Waals surface area contributed by atoms with Crippen LogP contribution in [0.1, 0.15) is 17.3 Å². The van der Waals surface area contributed by atoms with Crippen molar-refractivity contribution in [2.45, 2.75) is 11.8 Å². The van der Waals surface area contributed by atoms with Crippen LogP contribution >= 0.6 is 0 Å². The fourth-order valence-corrected chi connectivity index (χ4v) is 1.78. The van der Waals surface area contributed by atoms with Crippen molar-refractivity contribution < 1.29 is 13.2 Å². The molecule has 76 valence electrons. The zero-order valence-corrected chi connectivity index (χ0v) is 8.76. The summed E-state index contributed by atoms with van der Waals surface area (Å²) in [7, 11) is -2.13. The molecule has 1 N–H and O–H groups in total. The minimum atomic E-state index is -3.46. The first kappa shape index (κ1) is 10.9. The number of carbonyl (C=O) groups is 1. The maximum atomic E-state index is 11.4. The Labute approximate surface area is 83.0 Å². The van der Waals surface area contributed by atoms with Gasteiger partial charge in [-0.1, -0.05) is 12.1 Å². The quantitative estimate of drug-likeness (QED) is 0.755. The minimum absolute atomic E-state index is 0.104. The fourth-order valence-electron chi connectivity index (χ4n) is 1.00. The van der Waals surface area contributed by atoms with Gasteiger partial charge in [-0.2, -0.15) is 0 Å². The average Bonchev–Trinajstić information content (AvgIpc) is 2.18. The van der Waals surface area contributed by atoms with Crippen LogP contribution in [0.25, 0.3) is 0 Å². The molecule has 0 saturated carbocycles. The number of rotatable bonds is 3. The van der Waals surface area contributed by atoms with E-state index in [4.69, 9.17) is 0 Å². The van der Waals surface area contributed by atoms with E-state index in [9.17, 15) is 13.2 Å². The molecule has 1 aromatic rings. The molecule has 0 heterocycles. The summed E-state index contributed by atoms with van der Waals surface area (Å²) in [6, 6.07) is 5.92. The number of nitrogens with one attached hydrogen (secondary N) is 1. The molecule has 0 atom stereocenters. The molecule has 14 heavy (non-hydrogen) atoms. The summed E-state index contributed by atoms with van der Waals surface area (Å²) in [4.78, 5) is 11.1. The third kappa shape index (κ3) is 2.18. The zero-order valence-electron chi connectivity index (χ0n) is 7.94. The fraction of sp³-hybridized carbons (Fsp3) is 0.222. The van der Waals surface area contributed by atoms with Crippen molar-refractivity contribution >= 4 is 15.8 Å². The van der Waals surface area contributed by atoms with E-state index in [0.29, 0.717) is 5.56 Å². The lowest BCUT2D eigenvalue weighted by Crippen LogP contribution is -2.18. The lowest BCUT2D eigenvalue weighted by molar-refractivity contribution is 0.101. The van der Waals surface area contributed by atoms with Gasteiger partial charge < -0.3 is 0 Å². The maximum Gasteiger partial charge on any atom is 0.240 e. The van der Waals surface area contributed by atoms with Crippen LogP contribution < -0.4 is 4.72 Å². The molecule has 0 unspecified atom stereocenters. The van der Waals surface area contributed by atoms with Crippen LogP contribution in [0.3, 0.4) is 0 Å². The average molecular weight is 213 g/mol. The van der Waals surface area contributed by atoms with Crippen LogP contribution in [-0.4, -0.2) is 21.2 Å². The van der Waals surface area contributed by atoms with Gasteiger partial charge in [-0.3, -0.25) is 4.79 Å². The summed E-state index contributed by atoms with van der Waals surface area (Å²) < 4.78 is 24.9. The summed E-state index contributed by atoms with van der Waals surface area (Å²) in [5.41, 5.74) is 0.390. The number of carbonyl (C=O) groups excluding carboxylic acids is 1. The Morgan fingerprint density at radius 1 is 1.36 bits per heavy atom. The standard InChI is InChI=1S/C9H11NO3S/c1-7(11)8-4-3-5-9(6-8)14(12,13)10-2/h3-6,10H,1-2H3. The molecule has 0 radical (unpaired) electrons.